The minimum atomic E-state index is -0.545. The van der Waals surface area contributed by atoms with E-state index in [1.54, 1.807) is 31.2 Å². The number of anilines is 1. The maximum atomic E-state index is 14.3. The molecule has 0 heterocycles. The zero-order chi connectivity index (χ0) is 21.8. The van der Waals surface area contributed by atoms with Crippen molar-refractivity contribution in [2.24, 2.45) is 5.92 Å². The van der Waals surface area contributed by atoms with Gasteiger partial charge in [0.2, 0.25) is 5.91 Å². The molecule has 0 aromatic heterocycles. The van der Waals surface area contributed by atoms with Gasteiger partial charge in [0.05, 0.1) is 17.1 Å². The predicted molar refractivity (Wildman–Crippen MR) is 118 cm³/mol. The molecule has 30 heavy (non-hydrogen) atoms. The van der Waals surface area contributed by atoms with Crippen LogP contribution in [0.2, 0.25) is 0 Å². The van der Waals surface area contributed by atoms with Crippen molar-refractivity contribution >= 4 is 33.4 Å². The molecule has 0 aliphatic heterocycles. The molecule has 1 aliphatic rings. The van der Waals surface area contributed by atoms with Gasteiger partial charge in [-0.3, -0.25) is 9.59 Å². The van der Waals surface area contributed by atoms with E-state index < -0.39 is 5.82 Å². The Morgan fingerprint density at radius 2 is 1.87 bits per heavy atom. The fourth-order valence-electron chi connectivity index (χ4n) is 3.89. The molecule has 0 atom stereocenters. The van der Waals surface area contributed by atoms with Gasteiger partial charge >= 0.3 is 0 Å². The third kappa shape index (κ3) is 4.83. The molecule has 0 spiro atoms. The Morgan fingerprint density at radius 3 is 2.53 bits per heavy atom. The van der Waals surface area contributed by atoms with Crippen LogP contribution >= 0.6 is 15.9 Å². The predicted octanol–water partition coefficient (Wildman–Crippen LogP) is 5.17. The number of aryl methyl sites for hydroxylation is 1. The minimum absolute atomic E-state index is 0.0144. The molecule has 5 nitrogen and oxygen atoms in total. The summed E-state index contributed by atoms with van der Waals surface area (Å²) in [5.41, 5.74) is 1.77. The highest BCUT2D eigenvalue weighted by Crippen LogP contribution is 2.30. The summed E-state index contributed by atoms with van der Waals surface area (Å²) in [5.74, 6) is -0.285. The Labute approximate surface area is 184 Å². The molecule has 1 fully saturated rings. The van der Waals surface area contributed by atoms with Crippen LogP contribution in [0.4, 0.5) is 10.1 Å². The summed E-state index contributed by atoms with van der Waals surface area (Å²) < 4.78 is 19.9. The summed E-state index contributed by atoms with van der Waals surface area (Å²) in [6.45, 7) is 1.95. The Hall–Kier alpha value is -2.41. The van der Waals surface area contributed by atoms with Crippen LogP contribution in [-0.4, -0.2) is 36.9 Å². The smallest absolute Gasteiger partial charge is 0.256 e. The van der Waals surface area contributed by atoms with Crippen molar-refractivity contribution in [3.8, 4) is 5.75 Å². The number of amides is 2. The molecule has 0 radical (unpaired) electrons. The molecular formula is C23H26BrFN2O3. The number of benzene rings is 2. The number of methoxy groups -OCH3 is 1. The highest BCUT2D eigenvalue weighted by molar-refractivity contribution is 9.10. The van der Waals surface area contributed by atoms with Gasteiger partial charge in [-0.05, 0) is 72.3 Å². The normalized spacial score (nSPS) is 18.6. The Kier molecular flexibility index (Phi) is 7.13. The first kappa shape index (κ1) is 22.3. The van der Waals surface area contributed by atoms with Crippen LogP contribution in [0.3, 0.4) is 0 Å². The van der Waals surface area contributed by atoms with Crippen molar-refractivity contribution in [2.45, 2.75) is 38.6 Å². The zero-order valence-corrected chi connectivity index (χ0v) is 19.0. The van der Waals surface area contributed by atoms with E-state index in [4.69, 9.17) is 4.74 Å². The molecule has 7 heteroatoms. The average Bonchev–Trinajstić information content (AvgIpc) is 2.76. The quantitative estimate of drug-likeness (QED) is 0.646. The van der Waals surface area contributed by atoms with Gasteiger partial charge in [0.15, 0.2) is 0 Å². The van der Waals surface area contributed by atoms with Crippen molar-refractivity contribution in [3.63, 3.8) is 0 Å². The molecule has 0 saturated heterocycles. The van der Waals surface area contributed by atoms with E-state index in [0.717, 1.165) is 11.3 Å². The number of nitrogens with one attached hydrogen (secondary N) is 1. The minimum Gasteiger partial charge on any atom is -0.496 e. The lowest BCUT2D eigenvalue weighted by molar-refractivity contribution is -0.121. The van der Waals surface area contributed by atoms with E-state index >= 15 is 0 Å². The summed E-state index contributed by atoms with van der Waals surface area (Å²) in [4.78, 5) is 27.0. The number of hydrogen-bond acceptors (Lipinski definition) is 3. The van der Waals surface area contributed by atoms with Gasteiger partial charge in [0, 0.05) is 30.8 Å². The number of carbonyl (C=O) groups excluding carboxylic acids is 2. The van der Waals surface area contributed by atoms with Crippen LogP contribution in [0.15, 0.2) is 40.9 Å². The third-order valence-corrected chi connectivity index (χ3v) is 6.41. The summed E-state index contributed by atoms with van der Waals surface area (Å²) in [6, 6.07) is 10.3. The Bertz CT molecular complexity index is 942. The van der Waals surface area contributed by atoms with Crippen molar-refractivity contribution in [1.29, 1.82) is 0 Å². The fourth-order valence-corrected chi connectivity index (χ4v) is 4.26. The molecule has 0 unspecified atom stereocenters. The van der Waals surface area contributed by atoms with E-state index in [9.17, 15) is 14.0 Å². The molecule has 3 rings (SSSR count). The van der Waals surface area contributed by atoms with Crippen LogP contribution in [0.25, 0.3) is 0 Å². The van der Waals surface area contributed by atoms with E-state index in [0.29, 0.717) is 31.4 Å². The molecule has 2 aromatic rings. The van der Waals surface area contributed by atoms with Gasteiger partial charge < -0.3 is 15.0 Å². The van der Waals surface area contributed by atoms with Crippen molar-refractivity contribution < 1.29 is 18.7 Å². The summed E-state index contributed by atoms with van der Waals surface area (Å²) in [7, 11) is 3.30. The number of hydrogen-bond donors (Lipinski definition) is 1. The standard InChI is InChI=1S/C23H26BrFN2O3/c1-14-7-10-16(13-20(14)30-3)26-22(28)15-8-11-17(12-9-15)27(2)23(29)18-5-4-6-19(24)21(18)25/h4-7,10,13,15,17H,8-9,11-12H2,1-3H3,(H,26,28). The van der Waals surface area contributed by atoms with Gasteiger partial charge in [-0.1, -0.05) is 12.1 Å². The zero-order valence-electron chi connectivity index (χ0n) is 17.4. The highest BCUT2D eigenvalue weighted by Gasteiger charge is 2.31. The number of rotatable bonds is 5. The first-order chi connectivity index (χ1) is 14.3. The van der Waals surface area contributed by atoms with Crippen LogP contribution in [-0.2, 0) is 4.79 Å². The molecule has 2 amide bonds. The van der Waals surface area contributed by atoms with Gasteiger partial charge in [0.1, 0.15) is 11.6 Å². The number of nitrogens with zero attached hydrogens (tertiary/aromatic N) is 1. The van der Waals surface area contributed by atoms with Crippen molar-refractivity contribution in [3.05, 3.63) is 57.8 Å². The number of carbonyl (C=O) groups is 2. The molecule has 160 valence electrons. The number of halogens is 2. The maximum absolute atomic E-state index is 14.3. The fraction of sp³-hybridized carbons (Fsp3) is 0.391. The molecule has 2 aromatic carbocycles. The van der Waals surface area contributed by atoms with E-state index in [2.05, 4.69) is 21.2 Å². The third-order valence-electron chi connectivity index (χ3n) is 5.79. The maximum Gasteiger partial charge on any atom is 0.256 e. The van der Waals surface area contributed by atoms with Crippen LogP contribution in [0.1, 0.15) is 41.6 Å². The monoisotopic (exact) mass is 476 g/mol. The SMILES string of the molecule is COc1cc(NC(=O)C2CCC(N(C)C(=O)c3cccc(Br)c3F)CC2)ccc1C. The summed E-state index contributed by atoms with van der Waals surface area (Å²) >= 11 is 3.13. The molecule has 1 aliphatic carbocycles. The Morgan fingerprint density at radius 1 is 1.17 bits per heavy atom. The second-order valence-electron chi connectivity index (χ2n) is 7.70. The summed E-state index contributed by atoms with van der Waals surface area (Å²) in [6.07, 6.45) is 2.76. The first-order valence-corrected chi connectivity index (χ1v) is 10.8. The number of ether oxygens (including phenoxy) is 1. The largest absolute Gasteiger partial charge is 0.496 e. The lowest BCUT2D eigenvalue weighted by atomic mass is 9.84. The second-order valence-corrected chi connectivity index (χ2v) is 8.55. The molecule has 0 bridgehead atoms. The topological polar surface area (TPSA) is 58.6 Å². The van der Waals surface area contributed by atoms with Gasteiger partial charge in [0.25, 0.3) is 5.91 Å². The van der Waals surface area contributed by atoms with Crippen LogP contribution in [0.5, 0.6) is 5.75 Å². The second kappa shape index (κ2) is 9.60. The van der Waals surface area contributed by atoms with Crippen LogP contribution in [0, 0.1) is 18.7 Å². The average molecular weight is 477 g/mol. The molecule has 1 saturated carbocycles. The van der Waals surface area contributed by atoms with Crippen LogP contribution < -0.4 is 10.1 Å². The summed E-state index contributed by atoms with van der Waals surface area (Å²) in [5, 5.41) is 2.97. The van der Waals surface area contributed by atoms with Gasteiger partial charge in [-0.15, -0.1) is 0 Å². The van der Waals surface area contributed by atoms with E-state index in [1.807, 2.05) is 25.1 Å². The first-order valence-electron chi connectivity index (χ1n) is 9.98. The Balaban J connectivity index is 1.58. The molecule has 1 N–H and O–H groups in total. The van der Waals surface area contributed by atoms with E-state index in [1.165, 1.54) is 6.07 Å². The van der Waals surface area contributed by atoms with Crippen molar-refractivity contribution in [2.75, 3.05) is 19.5 Å². The van der Waals surface area contributed by atoms with Gasteiger partial charge in [-0.2, -0.15) is 0 Å². The van der Waals surface area contributed by atoms with E-state index in [-0.39, 0.29) is 33.8 Å². The lowest BCUT2D eigenvalue weighted by Gasteiger charge is -2.34. The van der Waals surface area contributed by atoms with Gasteiger partial charge in [-0.25, -0.2) is 4.39 Å². The highest BCUT2D eigenvalue weighted by atomic mass is 79.9. The van der Waals surface area contributed by atoms with Crippen molar-refractivity contribution in [1.82, 2.24) is 4.90 Å². The lowest BCUT2D eigenvalue weighted by Crippen LogP contribution is -2.41. The molecular weight excluding hydrogens is 451 g/mol.